The standard InChI is InChI=1S/C31H41NO13/c1-31(2,3)30(41)43-17-19-16-18(8-9-21(19)44-29-26(38)24(36)25(37)27(45-29)28(39)40)6-4-14-42-15-5-7-20(33)12-13-32-22(34)10-11-23(32)35/h8-11,16,24-27,29,36-38H,4-7,12-15,17H2,1-3H3,(H,39,40)/t24-,25-,26+,27-,29+/m0/s1. The summed E-state index contributed by atoms with van der Waals surface area (Å²) in [5, 5.41) is 39.8. The molecule has 0 aliphatic carbocycles. The van der Waals surface area contributed by atoms with E-state index in [-0.39, 0.29) is 37.5 Å². The van der Waals surface area contributed by atoms with Gasteiger partial charge < -0.3 is 39.4 Å². The van der Waals surface area contributed by atoms with E-state index in [1.807, 2.05) is 0 Å². The average Bonchev–Trinajstić information content (AvgIpc) is 3.30. The van der Waals surface area contributed by atoms with Gasteiger partial charge in [0, 0.05) is 50.3 Å². The first-order valence-corrected chi connectivity index (χ1v) is 14.7. The number of esters is 1. The van der Waals surface area contributed by atoms with Gasteiger partial charge in [-0.2, -0.15) is 0 Å². The number of carbonyl (C=O) groups excluding carboxylic acids is 4. The van der Waals surface area contributed by atoms with Crippen molar-refractivity contribution >= 4 is 29.5 Å². The minimum atomic E-state index is -1.87. The molecule has 0 spiro atoms. The number of hydrogen-bond acceptors (Lipinski definition) is 12. The van der Waals surface area contributed by atoms with Crippen LogP contribution in [0.25, 0.3) is 0 Å². The molecule has 0 bridgehead atoms. The highest BCUT2D eigenvalue weighted by Crippen LogP contribution is 2.29. The topological polar surface area (TPSA) is 206 Å². The van der Waals surface area contributed by atoms with Gasteiger partial charge >= 0.3 is 11.9 Å². The second-order valence-corrected chi connectivity index (χ2v) is 11.9. The molecule has 0 aromatic heterocycles. The normalized spacial score (nSPS) is 23.3. The predicted octanol–water partition coefficient (Wildman–Crippen LogP) is 0.661. The Balaban J connectivity index is 1.51. The van der Waals surface area contributed by atoms with Crippen LogP contribution in [0, 0.1) is 5.41 Å². The number of benzene rings is 1. The smallest absolute Gasteiger partial charge is 0.335 e. The summed E-state index contributed by atoms with van der Waals surface area (Å²) in [5.41, 5.74) is 0.468. The lowest BCUT2D eigenvalue weighted by molar-refractivity contribution is -0.271. The van der Waals surface area contributed by atoms with Crippen molar-refractivity contribution in [2.75, 3.05) is 19.8 Å². The van der Waals surface area contributed by atoms with Crippen LogP contribution in [0.15, 0.2) is 30.4 Å². The van der Waals surface area contributed by atoms with Gasteiger partial charge in [0.25, 0.3) is 11.8 Å². The molecule has 0 unspecified atom stereocenters. The molecule has 2 aliphatic heterocycles. The van der Waals surface area contributed by atoms with Crippen molar-refractivity contribution in [3.63, 3.8) is 0 Å². The number of aliphatic carboxylic acids is 1. The van der Waals surface area contributed by atoms with E-state index in [1.54, 1.807) is 39.0 Å². The average molecular weight is 636 g/mol. The van der Waals surface area contributed by atoms with E-state index >= 15 is 0 Å². The van der Waals surface area contributed by atoms with Crippen molar-refractivity contribution in [3.05, 3.63) is 41.5 Å². The summed E-state index contributed by atoms with van der Waals surface area (Å²) in [4.78, 5) is 60.1. The number of carboxylic acid groups (broad SMARTS) is 1. The number of Topliss-reactive ketones (excluding diaryl/α,β-unsaturated/α-hetero) is 1. The van der Waals surface area contributed by atoms with Crippen molar-refractivity contribution in [2.45, 2.75) is 90.2 Å². The van der Waals surface area contributed by atoms with Gasteiger partial charge in [0.1, 0.15) is 36.5 Å². The minimum absolute atomic E-state index is 0.0633. The molecule has 1 fully saturated rings. The van der Waals surface area contributed by atoms with Gasteiger partial charge in [0.05, 0.1) is 5.41 Å². The van der Waals surface area contributed by atoms with Crippen LogP contribution in [0.1, 0.15) is 57.6 Å². The molecular weight excluding hydrogens is 594 g/mol. The molecule has 5 atom stereocenters. The third-order valence-electron chi connectivity index (χ3n) is 7.17. The molecule has 0 radical (unpaired) electrons. The van der Waals surface area contributed by atoms with Gasteiger partial charge in [0.15, 0.2) is 6.10 Å². The summed E-state index contributed by atoms with van der Waals surface area (Å²) in [6.45, 7) is 5.71. The third-order valence-corrected chi connectivity index (χ3v) is 7.17. The summed E-state index contributed by atoms with van der Waals surface area (Å²) in [5.74, 6) is -2.79. The number of rotatable bonds is 16. The molecule has 2 amide bonds. The molecule has 14 heteroatoms. The Labute approximate surface area is 260 Å². The number of hydrogen-bond donors (Lipinski definition) is 4. The monoisotopic (exact) mass is 635 g/mol. The Hall–Kier alpha value is -3.69. The van der Waals surface area contributed by atoms with Crippen LogP contribution < -0.4 is 4.74 Å². The van der Waals surface area contributed by atoms with Crippen LogP contribution in [0.2, 0.25) is 0 Å². The van der Waals surface area contributed by atoms with E-state index in [0.717, 1.165) is 10.5 Å². The molecule has 2 aliphatic rings. The maximum Gasteiger partial charge on any atom is 0.335 e. The first kappa shape index (κ1) is 35.8. The first-order chi connectivity index (χ1) is 21.2. The van der Waals surface area contributed by atoms with E-state index in [2.05, 4.69) is 0 Å². The molecule has 1 aromatic rings. The summed E-state index contributed by atoms with van der Waals surface area (Å²) in [7, 11) is 0. The Bertz CT molecular complexity index is 1250. The van der Waals surface area contributed by atoms with Crippen LogP contribution in [0.4, 0.5) is 0 Å². The summed E-state index contributed by atoms with van der Waals surface area (Å²) < 4.78 is 22.0. The quantitative estimate of drug-likeness (QED) is 0.112. The Morgan fingerprint density at radius 2 is 1.60 bits per heavy atom. The summed E-state index contributed by atoms with van der Waals surface area (Å²) in [6, 6.07) is 5.00. The zero-order chi connectivity index (χ0) is 33.3. The Morgan fingerprint density at radius 1 is 0.933 bits per heavy atom. The second-order valence-electron chi connectivity index (χ2n) is 11.9. The van der Waals surface area contributed by atoms with Gasteiger partial charge in [-0.1, -0.05) is 6.07 Å². The SMILES string of the molecule is CC(C)(C)C(=O)OCc1cc(CCCOCCCC(=O)CCN2C(=O)C=CC2=O)ccc1O[C@@H]1O[C@H](C(=O)O)[C@@H](O)[C@H](O)[C@H]1O. The first-order valence-electron chi connectivity index (χ1n) is 14.7. The van der Waals surface area contributed by atoms with E-state index in [0.29, 0.717) is 38.0 Å². The highest BCUT2D eigenvalue weighted by atomic mass is 16.7. The summed E-state index contributed by atoms with van der Waals surface area (Å²) >= 11 is 0. The molecule has 45 heavy (non-hydrogen) atoms. The van der Waals surface area contributed by atoms with Crippen molar-refractivity contribution in [1.29, 1.82) is 0 Å². The molecule has 1 saturated heterocycles. The zero-order valence-electron chi connectivity index (χ0n) is 25.5. The van der Waals surface area contributed by atoms with Crippen molar-refractivity contribution in [3.8, 4) is 5.75 Å². The number of ketones is 1. The van der Waals surface area contributed by atoms with Gasteiger partial charge in [-0.15, -0.1) is 0 Å². The fraction of sp³-hybridized carbons (Fsp3) is 0.581. The van der Waals surface area contributed by atoms with Crippen LogP contribution in [-0.2, 0) is 51.2 Å². The fourth-order valence-electron chi connectivity index (χ4n) is 4.52. The van der Waals surface area contributed by atoms with Crippen LogP contribution in [-0.4, -0.2) is 105 Å². The molecule has 248 valence electrons. The number of nitrogens with zero attached hydrogens (tertiary/aromatic N) is 1. The molecular formula is C31H41NO13. The second kappa shape index (κ2) is 16.0. The lowest BCUT2D eigenvalue weighted by Crippen LogP contribution is -2.61. The zero-order valence-corrected chi connectivity index (χ0v) is 25.5. The van der Waals surface area contributed by atoms with Gasteiger partial charge in [-0.05, 0) is 57.7 Å². The van der Waals surface area contributed by atoms with E-state index in [4.69, 9.17) is 18.9 Å². The third kappa shape index (κ3) is 10.2. The van der Waals surface area contributed by atoms with Gasteiger partial charge in [0.2, 0.25) is 6.29 Å². The number of ether oxygens (including phenoxy) is 4. The molecule has 14 nitrogen and oxygen atoms in total. The maximum absolute atomic E-state index is 12.4. The highest BCUT2D eigenvalue weighted by Gasteiger charge is 2.48. The number of imide groups is 1. The number of amides is 2. The molecule has 3 rings (SSSR count). The molecule has 0 saturated carbocycles. The number of aliphatic hydroxyl groups is 3. The number of carbonyl (C=O) groups is 5. The van der Waals surface area contributed by atoms with E-state index in [1.165, 1.54) is 12.2 Å². The Kier molecular flexibility index (Phi) is 12.8. The van der Waals surface area contributed by atoms with Gasteiger partial charge in [-0.3, -0.25) is 24.1 Å². The van der Waals surface area contributed by atoms with Crippen molar-refractivity contribution in [1.82, 2.24) is 4.90 Å². The largest absolute Gasteiger partial charge is 0.479 e. The number of carboxylic acids is 1. The molecule has 1 aromatic carbocycles. The van der Waals surface area contributed by atoms with Crippen LogP contribution in [0.5, 0.6) is 5.75 Å². The van der Waals surface area contributed by atoms with Crippen molar-refractivity contribution in [2.24, 2.45) is 5.41 Å². The molecule has 4 N–H and O–H groups in total. The molecule has 2 heterocycles. The Morgan fingerprint density at radius 3 is 2.24 bits per heavy atom. The number of aliphatic hydroxyl groups excluding tert-OH is 3. The number of aryl methyl sites for hydroxylation is 1. The van der Waals surface area contributed by atoms with Gasteiger partial charge in [-0.25, -0.2) is 4.79 Å². The van der Waals surface area contributed by atoms with E-state index in [9.17, 15) is 44.4 Å². The minimum Gasteiger partial charge on any atom is -0.479 e. The van der Waals surface area contributed by atoms with Crippen molar-refractivity contribution < 1.29 is 63.3 Å². The highest BCUT2D eigenvalue weighted by molar-refractivity contribution is 6.13. The fourth-order valence-corrected chi connectivity index (χ4v) is 4.52. The predicted molar refractivity (Wildman–Crippen MR) is 154 cm³/mol. The van der Waals surface area contributed by atoms with Crippen LogP contribution >= 0.6 is 0 Å². The lowest BCUT2D eigenvalue weighted by atomic mass is 9.97. The van der Waals surface area contributed by atoms with E-state index < -0.39 is 59.9 Å². The maximum atomic E-state index is 12.4. The summed E-state index contributed by atoms with van der Waals surface area (Å²) in [6.07, 6.45) is -4.52. The van der Waals surface area contributed by atoms with Crippen LogP contribution in [0.3, 0.4) is 0 Å². The lowest BCUT2D eigenvalue weighted by Gasteiger charge is -2.38.